The summed E-state index contributed by atoms with van der Waals surface area (Å²) in [6, 6.07) is 7.48. The van der Waals surface area contributed by atoms with E-state index in [1.54, 1.807) is 0 Å². The van der Waals surface area contributed by atoms with Crippen molar-refractivity contribution >= 4 is 16.9 Å². The highest BCUT2D eigenvalue weighted by Crippen LogP contribution is 2.27. The zero-order chi connectivity index (χ0) is 13.9. The lowest BCUT2D eigenvalue weighted by atomic mass is 10.1. The van der Waals surface area contributed by atoms with E-state index in [0.29, 0.717) is 36.7 Å². The predicted molar refractivity (Wildman–Crippen MR) is 74.0 cm³/mol. The molecule has 2 heterocycles. The van der Waals surface area contributed by atoms with Gasteiger partial charge in [-0.2, -0.15) is 0 Å². The summed E-state index contributed by atoms with van der Waals surface area (Å²) in [5.74, 6) is 5.61. The molecule has 1 aromatic heterocycles. The number of carbonyl (C=O) groups excluding carboxylic acids is 1. The van der Waals surface area contributed by atoms with Gasteiger partial charge in [0.1, 0.15) is 11.3 Å². The normalized spacial score (nSPS) is 16.4. The Morgan fingerprint density at radius 2 is 2.05 bits per heavy atom. The second-order valence-electron chi connectivity index (χ2n) is 4.76. The number of morpholine rings is 1. The zero-order valence-electron chi connectivity index (χ0n) is 11.1. The highest BCUT2D eigenvalue weighted by Gasteiger charge is 2.22. The summed E-state index contributed by atoms with van der Waals surface area (Å²) < 4.78 is 11.1. The Hall–Kier alpha value is -1.89. The average Bonchev–Trinajstić information content (AvgIpc) is 2.85. The van der Waals surface area contributed by atoms with Crippen LogP contribution in [0.1, 0.15) is 16.1 Å². The predicted octanol–water partition coefficient (Wildman–Crippen LogP) is 0.869. The minimum Gasteiger partial charge on any atom is -0.459 e. The van der Waals surface area contributed by atoms with Crippen molar-refractivity contribution in [2.24, 2.45) is 5.84 Å². The number of nitrogens with zero attached hydrogens (tertiary/aromatic N) is 1. The van der Waals surface area contributed by atoms with Crippen LogP contribution in [0.4, 0.5) is 0 Å². The van der Waals surface area contributed by atoms with Crippen LogP contribution in [0.25, 0.3) is 11.0 Å². The van der Waals surface area contributed by atoms with E-state index >= 15 is 0 Å². The third-order valence-electron chi connectivity index (χ3n) is 3.50. The van der Waals surface area contributed by atoms with E-state index in [4.69, 9.17) is 15.0 Å². The minimum atomic E-state index is -0.321. The van der Waals surface area contributed by atoms with Gasteiger partial charge in [0.05, 0.1) is 25.3 Å². The lowest BCUT2D eigenvalue weighted by Crippen LogP contribution is -2.36. The molecular formula is C14H17N3O3. The first-order chi connectivity index (χ1) is 9.79. The molecule has 1 aromatic carbocycles. The lowest BCUT2D eigenvalue weighted by molar-refractivity contribution is 0.0314. The Kier molecular flexibility index (Phi) is 3.68. The fourth-order valence-electron chi connectivity index (χ4n) is 2.49. The van der Waals surface area contributed by atoms with Crippen molar-refractivity contribution in [3.05, 3.63) is 35.6 Å². The molecule has 6 nitrogen and oxygen atoms in total. The number of hydrogen-bond acceptors (Lipinski definition) is 5. The number of ether oxygens (including phenoxy) is 1. The molecule has 20 heavy (non-hydrogen) atoms. The number of para-hydroxylation sites is 1. The number of furan rings is 1. The highest BCUT2D eigenvalue weighted by atomic mass is 16.5. The summed E-state index contributed by atoms with van der Waals surface area (Å²) in [7, 11) is 0. The first kappa shape index (κ1) is 13.1. The molecule has 0 spiro atoms. The smallest absolute Gasteiger partial charge is 0.269 e. The number of amides is 1. The van der Waals surface area contributed by atoms with Crippen LogP contribution in [0.15, 0.2) is 28.7 Å². The summed E-state index contributed by atoms with van der Waals surface area (Å²) in [5.41, 5.74) is 3.42. The van der Waals surface area contributed by atoms with E-state index in [2.05, 4.69) is 10.3 Å². The van der Waals surface area contributed by atoms with Crippen LogP contribution in [-0.4, -0.2) is 37.1 Å². The van der Waals surface area contributed by atoms with E-state index in [0.717, 1.165) is 18.5 Å². The van der Waals surface area contributed by atoms with Gasteiger partial charge in [0.2, 0.25) is 0 Å². The van der Waals surface area contributed by atoms with Gasteiger partial charge < -0.3 is 9.15 Å². The fraction of sp³-hybridized carbons (Fsp3) is 0.357. The second-order valence-corrected chi connectivity index (χ2v) is 4.76. The summed E-state index contributed by atoms with van der Waals surface area (Å²) in [6.45, 7) is 3.67. The standard InChI is InChI=1S/C14H17N3O3/c15-16-14(18)13-10-3-1-2-4-11(10)20-12(13)9-17-5-7-19-8-6-17/h1-4H,5-9,15H2,(H,16,18). The van der Waals surface area contributed by atoms with Crippen LogP contribution in [0.3, 0.4) is 0 Å². The van der Waals surface area contributed by atoms with E-state index in [1.165, 1.54) is 0 Å². The Morgan fingerprint density at radius 1 is 1.30 bits per heavy atom. The molecule has 0 aliphatic carbocycles. The Morgan fingerprint density at radius 3 is 2.80 bits per heavy atom. The fourth-order valence-corrected chi connectivity index (χ4v) is 2.49. The van der Waals surface area contributed by atoms with E-state index in [9.17, 15) is 4.79 Å². The number of fused-ring (bicyclic) bond motifs is 1. The SMILES string of the molecule is NNC(=O)c1c(CN2CCOCC2)oc2ccccc12. The maximum Gasteiger partial charge on any atom is 0.269 e. The number of nitrogens with one attached hydrogen (secondary N) is 1. The molecule has 6 heteroatoms. The molecule has 106 valence electrons. The third-order valence-corrected chi connectivity index (χ3v) is 3.50. The average molecular weight is 275 g/mol. The van der Waals surface area contributed by atoms with Gasteiger partial charge in [-0.3, -0.25) is 15.1 Å². The molecule has 0 radical (unpaired) electrons. The monoisotopic (exact) mass is 275 g/mol. The Labute approximate surface area is 116 Å². The Balaban J connectivity index is 1.97. The van der Waals surface area contributed by atoms with Gasteiger partial charge in [0.15, 0.2) is 0 Å². The number of carbonyl (C=O) groups is 1. The number of nitrogens with two attached hydrogens (primary N) is 1. The van der Waals surface area contributed by atoms with Crippen molar-refractivity contribution < 1.29 is 13.9 Å². The molecule has 1 saturated heterocycles. The van der Waals surface area contributed by atoms with Crippen molar-refractivity contribution in [3.8, 4) is 0 Å². The molecule has 3 rings (SSSR count). The van der Waals surface area contributed by atoms with Gasteiger partial charge >= 0.3 is 0 Å². The largest absolute Gasteiger partial charge is 0.459 e. The number of rotatable bonds is 3. The first-order valence-electron chi connectivity index (χ1n) is 6.61. The topological polar surface area (TPSA) is 80.7 Å². The maximum absolute atomic E-state index is 12.0. The highest BCUT2D eigenvalue weighted by molar-refractivity contribution is 6.07. The minimum absolute atomic E-state index is 0.321. The van der Waals surface area contributed by atoms with Gasteiger partial charge in [0, 0.05) is 18.5 Å². The molecule has 2 aromatic rings. The second kappa shape index (κ2) is 5.62. The van der Waals surface area contributed by atoms with Crippen molar-refractivity contribution in [2.75, 3.05) is 26.3 Å². The molecule has 1 fully saturated rings. The van der Waals surface area contributed by atoms with E-state index in [1.807, 2.05) is 24.3 Å². The van der Waals surface area contributed by atoms with Crippen molar-refractivity contribution in [3.63, 3.8) is 0 Å². The van der Waals surface area contributed by atoms with Crippen LogP contribution in [0.5, 0.6) is 0 Å². The summed E-state index contributed by atoms with van der Waals surface area (Å²) in [5, 5.41) is 0.790. The van der Waals surface area contributed by atoms with Gasteiger partial charge in [-0.15, -0.1) is 0 Å². The van der Waals surface area contributed by atoms with Crippen LogP contribution in [-0.2, 0) is 11.3 Å². The number of hydrogen-bond donors (Lipinski definition) is 2. The molecule has 0 atom stereocenters. The number of hydrazine groups is 1. The molecule has 0 unspecified atom stereocenters. The number of nitrogen functional groups attached to an aromatic ring is 1. The molecule has 0 saturated carbocycles. The molecule has 1 aliphatic rings. The molecule has 1 aliphatic heterocycles. The van der Waals surface area contributed by atoms with Crippen LogP contribution in [0, 0.1) is 0 Å². The van der Waals surface area contributed by atoms with E-state index in [-0.39, 0.29) is 5.91 Å². The van der Waals surface area contributed by atoms with Crippen LogP contribution >= 0.6 is 0 Å². The third kappa shape index (κ3) is 2.40. The van der Waals surface area contributed by atoms with Gasteiger partial charge in [-0.25, -0.2) is 5.84 Å². The molecule has 0 bridgehead atoms. The van der Waals surface area contributed by atoms with Crippen LogP contribution in [0.2, 0.25) is 0 Å². The summed E-state index contributed by atoms with van der Waals surface area (Å²) >= 11 is 0. The number of benzene rings is 1. The van der Waals surface area contributed by atoms with Crippen molar-refractivity contribution in [1.29, 1.82) is 0 Å². The molecule has 3 N–H and O–H groups in total. The maximum atomic E-state index is 12.0. The van der Waals surface area contributed by atoms with Crippen molar-refractivity contribution in [1.82, 2.24) is 10.3 Å². The van der Waals surface area contributed by atoms with Gasteiger partial charge in [0.25, 0.3) is 5.91 Å². The zero-order valence-corrected chi connectivity index (χ0v) is 11.1. The summed E-state index contributed by atoms with van der Waals surface area (Å²) in [4.78, 5) is 14.2. The van der Waals surface area contributed by atoms with Gasteiger partial charge in [-0.1, -0.05) is 18.2 Å². The lowest BCUT2D eigenvalue weighted by Gasteiger charge is -2.25. The summed E-state index contributed by atoms with van der Waals surface area (Å²) in [6.07, 6.45) is 0. The first-order valence-corrected chi connectivity index (χ1v) is 6.61. The van der Waals surface area contributed by atoms with Crippen LogP contribution < -0.4 is 11.3 Å². The molecule has 1 amide bonds. The van der Waals surface area contributed by atoms with E-state index < -0.39 is 0 Å². The quantitative estimate of drug-likeness (QED) is 0.493. The molecular weight excluding hydrogens is 258 g/mol. The Bertz CT molecular complexity index is 617. The van der Waals surface area contributed by atoms with Crippen molar-refractivity contribution in [2.45, 2.75) is 6.54 Å². The van der Waals surface area contributed by atoms with Gasteiger partial charge in [-0.05, 0) is 6.07 Å².